The van der Waals surface area contributed by atoms with Crippen LogP contribution < -0.4 is 16.4 Å². The molecule has 8 nitrogen and oxygen atoms in total. The van der Waals surface area contributed by atoms with E-state index in [2.05, 4.69) is 20.8 Å². The number of aromatic nitrogens is 2. The van der Waals surface area contributed by atoms with Gasteiger partial charge in [-0.15, -0.1) is 10.2 Å². The molecule has 10 heteroatoms. The minimum atomic E-state index is -0.595. The molecule has 1 aromatic heterocycles. The highest BCUT2D eigenvalue weighted by Crippen LogP contribution is 2.33. The van der Waals surface area contributed by atoms with Crippen LogP contribution in [0.25, 0.3) is 0 Å². The van der Waals surface area contributed by atoms with E-state index in [4.69, 9.17) is 10.5 Å². The molecule has 1 aromatic carbocycles. The van der Waals surface area contributed by atoms with Gasteiger partial charge in [-0.3, -0.25) is 0 Å². The Hall–Kier alpha value is -2.59. The molecule has 148 valence electrons. The van der Waals surface area contributed by atoms with Gasteiger partial charge in [0.2, 0.25) is 5.13 Å². The van der Waals surface area contributed by atoms with Crippen LogP contribution in [0.3, 0.4) is 0 Å². The number of esters is 1. The normalized spacial score (nSPS) is 16.5. The number of thioether (sulfide) groups is 1. The maximum atomic E-state index is 12.8. The van der Waals surface area contributed by atoms with Gasteiger partial charge in [0.25, 0.3) is 0 Å². The van der Waals surface area contributed by atoms with Gasteiger partial charge < -0.3 is 21.1 Å². The summed E-state index contributed by atoms with van der Waals surface area (Å²) in [6.45, 7) is 5.90. The average Bonchev–Trinajstić information content (AvgIpc) is 3.07. The Kier molecular flexibility index (Phi) is 6.20. The quantitative estimate of drug-likeness (QED) is 0.486. The molecule has 2 aromatic rings. The van der Waals surface area contributed by atoms with Crippen LogP contribution in [0.15, 0.2) is 33.8 Å². The fraction of sp³-hybridized carbons (Fsp3) is 0.333. The van der Waals surface area contributed by atoms with Crippen molar-refractivity contribution in [1.82, 2.24) is 20.8 Å². The number of rotatable bonds is 6. The monoisotopic (exact) mass is 419 g/mol. The molecular weight excluding hydrogens is 398 g/mol. The molecule has 0 spiro atoms. The van der Waals surface area contributed by atoms with Crippen molar-refractivity contribution < 1.29 is 14.3 Å². The van der Waals surface area contributed by atoms with Gasteiger partial charge in [-0.05, 0) is 31.9 Å². The topological polar surface area (TPSA) is 119 Å². The van der Waals surface area contributed by atoms with E-state index in [9.17, 15) is 9.59 Å². The van der Waals surface area contributed by atoms with Crippen molar-refractivity contribution in [2.75, 3.05) is 18.1 Å². The number of ether oxygens (including phenoxy) is 1. The second kappa shape index (κ2) is 8.61. The number of hydrogen-bond donors (Lipinski definition) is 3. The van der Waals surface area contributed by atoms with Crippen LogP contribution in [0.2, 0.25) is 0 Å². The molecule has 2 amide bonds. The van der Waals surface area contributed by atoms with Crippen LogP contribution in [-0.4, -0.2) is 34.6 Å². The van der Waals surface area contributed by atoms with E-state index in [1.54, 1.807) is 6.92 Å². The summed E-state index contributed by atoms with van der Waals surface area (Å²) >= 11 is 2.60. The molecule has 1 atom stereocenters. The summed E-state index contributed by atoms with van der Waals surface area (Å²) in [6.07, 6.45) is 0. The zero-order chi connectivity index (χ0) is 20.3. The zero-order valence-corrected chi connectivity index (χ0v) is 17.4. The minimum absolute atomic E-state index is 0.239. The highest BCUT2D eigenvalue weighted by molar-refractivity contribution is 8.01. The SMILES string of the molecule is CCOC(=O)C1=C(CSc2nnc(N)s2)NC(=O)N[C@H]1c1cc(C)ccc1C. The highest BCUT2D eigenvalue weighted by Gasteiger charge is 2.34. The molecule has 0 saturated heterocycles. The Morgan fingerprint density at radius 2 is 2.14 bits per heavy atom. The summed E-state index contributed by atoms with van der Waals surface area (Å²) in [7, 11) is 0. The van der Waals surface area contributed by atoms with E-state index >= 15 is 0 Å². The Labute approximate surface area is 170 Å². The lowest BCUT2D eigenvalue weighted by molar-refractivity contribution is -0.139. The molecule has 1 aliphatic heterocycles. The summed E-state index contributed by atoms with van der Waals surface area (Å²) in [4.78, 5) is 25.1. The van der Waals surface area contributed by atoms with Gasteiger partial charge in [0, 0.05) is 11.4 Å². The van der Waals surface area contributed by atoms with Crippen LogP contribution in [0.1, 0.15) is 29.7 Å². The van der Waals surface area contributed by atoms with Crippen molar-refractivity contribution in [3.63, 3.8) is 0 Å². The van der Waals surface area contributed by atoms with Gasteiger partial charge in [0.05, 0.1) is 18.2 Å². The number of amides is 2. The number of hydrogen-bond acceptors (Lipinski definition) is 8. The number of nitrogens with one attached hydrogen (secondary N) is 2. The molecule has 2 heterocycles. The standard InChI is InChI=1S/C18H21N5O3S2/c1-4-26-15(24)13-12(8-27-18-23-22-16(19)28-18)20-17(25)21-14(13)11-7-9(2)5-6-10(11)3/h5-7,14H,4,8H2,1-3H3,(H2,19,22)(H2,20,21,25)/t14-/m0/s1. The highest BCUT2D eigenvalue weighted by atomic mass is 32.2. The molecule has 3 rings (SSSR count). The first-order valence-corrected chi connectivity index (χ1v) is 10.5. The Morgan fingerprint density at radius 3 is 2.82 bits per heavy atom. The maximum absolute atomic E-state index is 12.8. The van der Waals surface area contributed by atoms with Crippen LogP contribution in [0.5, 0.6) is 0 Å². The molecule has 0 bridgehead atoms. The van der Waals surface area contributed by atoms with Gasteiger partial charge in [-0.25, -0.2) is 9.59 Å². The van der Waals surface area contributed by atoms with Gasteiger partial charge in [0.15, 0.2) is 4.34 Å². The summed E-state index contributed by atoms with van der Waals surface area (Å²) in [5.74, 6) is -0.134. The van der Waals surface area contributed by atoms with Crippen molar-refractivity contribution in [3.8, 4) is 0 Å². The second-order valence-electron chi connectivity index (χ2n) is 6.20. The van der Waals surface area contributed by atoms with Crippen molar-refractivity contribution in [2.45, 2.75) is 31.2 Å². The van der Waals surface area contributed by atoms with Crippen molar-refractivity contribution >= 4 is 40.2 Å². The van der Waals surface area contributed by atoms with Crippen LogP contribution in [0, 0.1) is 13.8 Å². The fourth-order valence-electron chi connectivity index (χ4n) is 2.90. The minimum Gasteiger partial charge on any atom is -0.463 e. The lowest BCUT2D eigenvalue weighted by Gasteiger charge is -2.30. The number of carbonyl (C=O) groups is 2. The second-order valence-corrected chi connectivity index (χ2v) is 8.43. The van der Waals surface area contributed by atoms with E-state index in [1.807, 2.05) is 32.0 Å². The first-order valence-electron chi connectivity index (χ1n) is 8.65. The molecule has 0 aliphatic carbocycles. The molecule has 0 saturated carbocycles. The van der Waals surface area contributed by atoms with Crippen molar-refractivity contribution in [3.05, 3.63) is 46.2 Å². The van der Waals surface area contributed by atoms with E-state index in [-0.39, 0.29) is 12.6 Å². The zero-order valence-electron chi connectivity index (χ0n) is 15.7. The van der Waals surface area contributed by atoms with Crippen LogP contribution >= 0.6 is 23.1 Å². The number of urea groups is 1. The number of aryl methyl sites for hydroxylation is 2. The third-order valence-electron chi connectivity index (χ3n) is 4.16. The summed E-state index contributed by atoms with van der Waals surface area (Å²) in [5, 5.41) is 13.7. The molecule has 1 aliphatic rings. The molecule has 28 heavy (non-hydrogen) atoms. The predicted octanol–water partition coefficient (Wildman–Crippen LogP) is 2.70. The fourth-order valence-corrected chi connectivity index (χ4v) is 4.50. The summed E-state index contributed by atoms with van der Waals surface area (Å²) < 4.78 is 5.94. The van der Waals surface area contributed by atoms with Gasteiger partial charge in [-0.1, -0.05) is 46.9 Å². The number of carbonyl (C=O) groups excluding carboxylic acids is 2. The number of benzene rings is 1. The smallest absolute Gasteiger partial charge is 0.338 e. The molecule has 0 fully saturated rings. The van der Waals surface area contributed by atoms with E-state index in [1.165, 1.54) is 23.1 Å². The van der Waals surface area contributed by atoms with E-state index in [0.717, 1.165) is 16.7 Å². The summed E-state index contributed by atoms with van der Waals surface area (Å²) in [5.41, 5.74) is 9.38. The molecule has 4 N–H and O–H groups in total. The molecular formula is C18H21N5O3S2. The van der Waals surface area contributed by atoms with Crippen LogP contribution in [-0.2, 0) is 9.53 Å². The first-order chi connectivity index (χ1) is 13.4. The number of nitrogens with two attached hydrogens (primary N) is 1. The van der Waals surface area contributed by atoms with Gasteiger partial charge in [-0.2, -0.15) is 0 Å². The third-order valence-corrected chi connectivity index (χ3v) is 6.07. The number of anilines is 1. The van der Waals surface area contributed by atoms with E-state index in [0.29, 0.717) is 26.5 Å². The van der Waals surface area contributed by atoms with Gasteiger partial charge in [0.1, 0.15) is 0 Å². The van der Waals surface area contributed by atoms with Crippen LogP contribution in [0.4, 0.5) is 9.93 Å². The predicted molar refractivity (Wildman–Crippen MR) is 109 cm³/mol. The third kappa shape index (κ3) is 4.45. The number of nitrogen functional groups attached to an aromatic ring is 1. The Balaban J connectivity index is 2.02. The Bertz CT molecular complexity index is 941. The van der Waals surface area contributed by atoms with Crippen molar-refractivity contribution in [2.24, 2.45) is 0 Å². The Morgan fingerprint density at radius 1 is 1.36 bits per heavy atom. The maximum Gasteiger partial charge on any atom is 0.338 e. The lowest BCUT2D eigenvalue weighted by atomic mass is 9.91. The summed E-state index contributed by atoms with van der Waals surface area (Å²) in [6, 6.07) is 4.97. The van der Waals surface area contributed by atoms with E-state index < -0.39 is 12.0 Å². The first kappa shape index (κ1) is 20.2. The average molecular weight is 420 g/mol. The largest absolute Gasteiger partial charge is 0.463 e. The van der Waals surface area contributed by atoms with Crippen molar-refractivity contribution in [1.29, 1.82) is 0 Å². The number of nitrogens with zero attached hydrogens (tertiary/aromatic N) is 2. The molecule has 0 unspecified atom stereocenters. The molecule has 0 radical (unpaired) electrons. The van der Waals surface area contributed by atoms with Gasteiger partial charge >= 0.3 is 12.0 Å². The lowest BCUT2D eigenvalue weighted by Crippen LogP contribution is -2.46.